The molecule has 204 valence electrons. The van der Waals surface area contributed by atoms with Gasteiger partial charge in [0, 0.05) is 12.1 Å². The van der Waals surface area contributed by atoms with Crippen molar-refractivity contribution in [1.82, 2.24) is 15.5 Å². The standard InChI is InChI=1S/C29H49N3O4/c1-11-13-18-30-25(33)24(22-16-14-21(12-2)15-17-22)32(28(5,6)7)26(34)23(19-20(3)4)31-27(35)36-29(8,9)10/h14-17,20,23-24H,11-13,18-19H2,1-10H3,(H,30,33)(H,31,35). The summed E-state index contributed by atoms with van der Waals surface area (Å²) in [7, 11) is 0. The molecule has 0 aliphatic carbocycles. The fourth-order valence-electron chi connectivity index (χ4n) is 3.99. The van der Waals surface area contributed by atoms with Crippen molar-refractivity contribution in [3.63, 3.8) is 0 Å². The zero-order valence-electron chi connectivity index (χ0n) is 24.2. The molecule has 0 radical (unpaired) electrons. The maximum absolute atomic E-state index is 14.2. The first-order chi connectivity index (χ1) is 16.6. The smallest absolute Gasteiger partial charge is 0.408 e. The highest BCUT2D eigenvalue weighted by Gasteiger charge is 2.41. The molecule has 0 aliphatic rings. The van der Waals surface area contributed by atoms with E-state index in [1.54, 1.807) is 25.7 Å². The monoisotopic (exact) mass is 503 g/mol. The van der Waals surface area contributed by atoms with Crippen LogP contribution in [-0.2, 0) is 20.7 Å². The predicted octanol–water partition coefficient (Wildman–Crippen LogP) is 5.77. The third kappa shape index (κ3) is 10.2. The molecule has 0 aromatic heterocycles. The number of unbranched alkanes of at least 4 members (excludes halogenated alkanes) is 1. The van der Waals surface area contributed by atoms with Gasteiger partial charge in [0.25, 0.3) is 0 Å². The Balaban J connectivity index is 3.52. The second-order valence-electron chi connectivity index (χ2n) is 11.8. The molecule has 3 amide bonds. The topological polar surface area (TPSA) is 87.7 Å². The number of nitrogens with one attached hydrogen (secondary N) is 2. The molecule has 0 spiro atoms. The summed E-state index contributed by atoms with van der Waals surface area (Å²) in [5, 5.41) is 5.81. The van der Waals surface area contributed by atoms with E-state index >= 15 is 0 Å². The van der Waals surface area contributed by atoms with E-state index in [2.05, 4.69) is 24.5 Å². The van der Waals surface area contributed by atoms with Crippen molar-refractivity contribution in [3.05, 3.63) is 35.4 Å². The lowest BCUT2D eigenvalue weighted by molar-refractivity contribution is -0.148. The van der Waals surface area contributed by atoms with Crippen LogP contribution < -0.4 is 10.6 Å². The number of rotatable bonds is 11. The molecule has 0 aliphatic heterocycles. The fourth-order valence-corrected chi connectivity index (χ4v) is 3.99. The molecule has 0 saturated heterocycles. The van der Waals surface area contributed by atoms with E-state index in [1.807, 2.05) is 58.9 Å². The third-order valence-corrected chi connectivity index (χ3v) is 5.70. The van der Waals surface area contributed by atoms with Crippen LogP contribution in [0.25, 0.3) is 0 Å². The molecule has 7 heteroatoms. The quantitative estimate of drug-likeness (QED) is 0.375. The first kappa shape index (κ1) is 31.5. The Morgan fingerprint density at radius 3 is 2.00 bits per heavy atom. The Labute approximate surface area is 218 Å². The van der Waals surface area contributed by atoms with Gasteiger partial charge in [0.05, 0.1) is 0 Å². The van der Waals surface area contributed by atoms with Gasteiger partial charge in [-0.15, -0.1) is 0 Å². The number of alkyl carbamates (subject to hydrolysis) is 1. The molecular weight excluding hydrogens is 454 g/mol. The average molecular weight is 504 g/mol. The first-order valence-electron chi connectivity index (χ1n) is 13.3. The second-order valence-corrected chi connectivity index (χ2v) is 11.8. The van der Waals surface area contributed by atoms with Gasteiger partial charge >= 0.3 is 6.09 Å². The van der Waals surface area contributed by atoms with Crippen molar-refractivity contribution in [3.8, 4) is 0 Å². The number of ether oxygens (including phenoxy) is 1. The molecule has 2 unspecified atom stereocenters. The SMILES string of the molecule is CCCCNC(=O)C(c1ccc(CC)cc1)N(C(=O)C(CC(C)C)NC(=O)OC(C)(C)C)C(C)(C)C. The highest BCUT2D eigenvalue weighted by Crippen LogP contribution is 2.31. The molecular formula is C29H49N3O4. The van der Waals surface area contributed by atoms with E-state index < -0.39 is 29.3 Å². The van der Waals surface area contributed by atoms with Crippen molar-refractivity contribution in [2.75, 3.05) is 6.54 Å². The molecule has 2 N–H and O–H groups in total. The number of hydrogen-bond acceptors (Lipinski definition) is 4. The maximum Gasteiger partial charge on any atom is 0.408 e. The normalized spacial score (nSPS) is 13.6. The number of carbonyl (C=O) groups excluding carboxylic acids is 3. The molecule has 0 saturated carbocycles. The van der Waals surface area contributed by atoms with Crippen LogP contribution in [0.2, 0.25) is 0 Å². The molecule has 1 aromatic carbocycles. The van der Waals surface area contributed by atoms with E-state index in [1.165, 1.54) is 0 Å². The van der Waals surface area contributed by atoms with Gasteiger partial charge in [-0.05, 0) is 77.8 Å². The summed E-state index contributed by atoms with van der Waals surface area (Å²) in [6.45, 7) is 19.8. The van der Waals surface area contributed by atoms with Crippen molar-refractivity contribution < 1.29 is 19.1 Å². The predicted molar refractivity (Wildman–Crippen MR) is 146 cm³/mol. The third-order valence-electron chi connectivity index (χ3n) is 5.70. The number of hydrogen-bond donors (Lipinski definition) is 2. The summed E-state index contributed by atoms with van der Waals surface area (Å²) in [5.74, 6) is -0.398. The maximum atomic E-state index is 14.2. The van der Waals surface area contributed by atoms with Crippen LogP contribution in [0.5, 0.6) is 0 Å². The van der Waals surface area contributed by atoms with Crippen molar-refractivity contribution in [2.24, 2.45) is 5.92 Å². The lowest BCUT2D eigenvalue weighted by atomic mass is 9.93. The largest absolute Gasteiger partial charge is 0.444 e. The van der Waals surface area contributed by atoms with Gasteiger partial charge in [0.15, 0.2) is 0 Å². The van der Waals surface area contributed by atoms with Crippen LogP contribution in [0.1, 0.15) is 106 Å². The molecule has 2 atom stereocenters. The Morgan fingerprint density at radius 2 is 1.56 bits per heavy atom. The molecule has 0 bridgehead atoms. The van der Waals surface area contributed by atoms with E-state index in [9.17, 15) is 14.4 Å². The van der Waals surface area contributed by atoms with Gasteiger partial charge < -0.3 is 20.3 Å². The Morgan fingerprint density at radius 1 is 0.972 bits per heavy atom. The lowest BCUT2D eigenvalue weighted by Gasteiger charge is -2.43. The number of benzene rings is 1. The Hall–Kier alpha value is -2.57. The Kier molecular flexibility index (Phi) is 11.9. The number of carbonyl (C=O) groups is 3. The van der Waals surface area contributed by atoms with Gasteiger partial charge in [-0.2, -0.15) is 0 Å². The number of nitrogens with zero attached hydrogens (tertiary/aromatic N) is 1. The van der Waals surface area contributed by atoms with Gasteiger partial charge in [-0.1, -0.05) is 58.4 Å². The summed E-state index contributed by atoms with van der Waals surface area (Å²) >= 11 is 0. The van der Waals surface area contributed by atoms with Crippen molar-refractivity contribution in [1.29, 1.82) is 0 Å². The summed E-state index contributed by atoms with van der Waals surface area (Å²) in [6, 6.07) is 6.17. The minimum absolute atomic E-state index is 0.136. The minimum atomic E-state index is -0.838. The van der Waals surface area contributed by atoms with E-state index in [-0.39, 0.29) is 17.7 Å². The van der Waals surface area contributed by atoms with Gasteiger partial charge in [-0.25, -0.2) is 4.79 Å². The first-order valence-corrected chi connectivity index (χ1v) is 13.3. The lowest BCUT2D eigenvalue weighted by Crippen LogP contribution is -2.58. The second kappa shape index (κ2) is 13.7. The average Bonchev–Trinajstić information content (AvgIpc) is 2.74. The molecule has 36 heavy (non-hydrogen) atoms. The Bertz CT molecular complexity index is 851. The number of aryl methyl sites for hydroxylation is 1. The molecule has 0 fully saturated rings. The van der Waals surface area contributed by atoms with Crippen molar-refractivity contribution in [2.45, 2.75) is 118 Å². The van der Waals surface area contributed by atoms with Crippen LogP contribution in [-0.4, -0.2) is 46.5 Å². The highest BCUT2D eigenvalue weighted by atomic mass is 16.6. The number of amides is 3. The van der Waals surface area contributed by atoms with Crippen LogP contribution in [0.4, 0.5) is 4.79 Å². The van der Waals surface area contributed by atoms with Gasteiger partial charge in [0.1, 0.15) is 17.7 Å². The summed E-state index contributed by atoms with van der Waals surface area (Å²) in [4.78, 5) is 42.1. The minimum Gasteiger partial charge on any atom is -0.444 e. The van der Waals surface area contributed by atoms with Gasteiger partial charge in [0.2, 0.25) is 11.8 Å². The summed E-state index contributed by atoms with van der Waals surface area (Å²) in [5.41, 5.74) is 0.506. The van der Waals surface area contributed by atoms with Crippen molar-refractivity contribution >= 4 is 17.9 Å². The highest BCUT2D eigenvalue weighted by molar-refractivity contribution is 5.92. The zero-order chi connectivity index (χ0) is 27.7. The van der Waals surface area contributed by atoms with Crippen LogP contribution in [0.15, 0.2) is 24.3 Å². The molecule has 1 rings (SSSR count). The molecule has 7 nitrogen and oxygen atoms in total. The summed E-state index contributed by atoms with van der Waals surface area (Å²) in [6.07, 6.45) is 2.46. The summed E-state index contributed by atoms with van der Waals surface area (Å²) < 4.78 is 5.45. The van der Waals surface area contributed by atoms with E-state index in [0.29, 0.717) is 13.0 Å². The van der Waals surface area contributed by atoms with Gasteiger partial charge in [-0.3, -0.25) is 9.59 Å². The van der Waals surface area contributed by atoms with E-state index in [4.69, 9.17) is 4.74 Å². The fraction of sp³-hybridized carbons (Fsp3) is 0.690. The van der Waals surface area contributed by atoms with Crippen LogP contribution in [0.3, 0.4) is 0 Å². The van der Waals surface area contributed by atoms with Crippen LogP contribution >= 0.6 is 0 Å². The van der Waals surface area contributed by atoms with Crippen LogP contribution in [0, 0.1) is 5.92 Å². The molecule has 0 heterocycles. The zero-order valence-corrected chi connectivity index (χ0v) is 24.2. The molecule has 1 aromatic rings. The van der Waals surface area contributed by atoms with E-state index in [0.717, 1.165) is 30.4 Å².